The monoisotopic (exact) mass is 345 g/mol. The van der Waals surface area contributed by atoms with Crippen molar-refractivity contribution in [1.82, 2.24) is 5.32 Å². The lowest BCUT2D eigenvalue weighted by atomic mass is 9.98. The summed E-state index contributed by atoms with van der Waals surface area (Å²) in [6.07, 6.45) is 0. The van der Waals surface area contributed by atoms with E-state index in [1.807, 2.05) is 12.1 Å². The predicted octanol–water partition coefficient (Wildman–Crippen LogP) is 4.69. The summed E-state index contributed by atoms with van der Waals surface area (Å²) in [5.41, 5.74) is 1.25. The molecule has 0 aliphatic heterocycles. The van der Waals surface area contributed by atoms with E-state index in [2.05, 4.69) is 21.2 Å². The highest BCUT2D eigenvalue weighted by atomic mass is 79.9. The van der Waals surface area contributed by atoms with Crippen LogP contribution >= 0.6 is 27.5 Å². The van der Waals surface area contributed by atoms with Crippen molar-refractivity contribution in [3.63, 3.8) is 0 Å². The zero-order chi connectivity index (χ0) is 14.0. The summed E-state index contributed by atoms with van der Waals surface area (Å²) >= 11 is 9.50. The Morgan fingerprint density at radius 2 is 1.74 bits per heavy atom. The van der Waals surface area contributed by atoms with E-state index < -0.39 is 11.6 Å². The second-order valence-corrected chi connectivity index (χ2v) is 5.41. The van der Waals surface area contributed by atoms with Gasteiger partial charge in [-0.25, -0.2) is 8.78 Å². The van der Waals surface area contributed by atoms with Crippen LogP contribution in [0.4, 0.5) is 8.78 Å². The summed E-state index contributed by atoms with van der Waals surface area (Å²) in [4.78, 5) is 0. The largest absolute Gasteiger partial charge is 0.309 e. The molecular weight excluding hydrogens is 336 g/mol. The van der Waals surface area contributed by atoms with E-state index in [1.54, 1.807) is 13.1 Å². The summed E-state index contributed by atoms with van der Waals surface area (Å²) in [7, 11) is 1.71. The van der Waals surface area contributed by atoms with E-state index in [0.717, 1.165) is 16.1 Å². The normalized spacial score (nSPS) is 12.5. The molecule has 2 aromatic carbocycles. The molecule has 1 unspecified atom stereocenters. The van der Waals surface area contributed by atoms with Gasteiger partial charge in [0.05, 0.1) is 6.04 Å². The molecule has 0 radical (unpaired) electrons. The van der Waals surface area contributed by atoms with Crippen molar-refractivity contribution in [3.8, 4) is 0 Å². The first-order valence-electron chi connectivity index (χ1n) is 5.59. The van der Waals surface area contributed by atoms with Gasteiger partial charge in [-0.2, -0.15) is 0 Å². The Labute approximate surface area is 123 Å². The molecule has 0 amide bonds. The van der Waals surface area contributed by atoms with Gasteiger partial charge in [-0.1, -0.05) is 33.6 Å². The summed E-state index contributed by atoms with van der Waals surface area (Å²) in [5, 5.41) is 3.54. The number of hydrogen-bond donors (Lipinski definition) is 1. The summed E-state index contributed by atoms with van der Waals surface area (Å²) < 4.78 is 27.4. The Morgan fingerprint density at radius 3 is 2.26 bits per heavy atom. The van der Waals surface area contributed by atoms with Gasteiger partial charge in [0, 0.05) is 15.6 Å². The van der Waals surface area contributed by atoms with Crippen LogP contribution in [-0.4, -0.2) is 7.05 Å². The molecule has 5 heteroatoms. The van der Waals surface area contributed by atoms with Crippen LogP contribution in [0.1, 0.15) is 17.2 Å². The van der Waals surface area contributed by atoms with Crippen molar-refractivity contribution < 1.29 is 8.78 Å². The van der Waals surface area contributed by atoms with Gasteiger partial charge in [0.2, 0.25) is 0 Å². The van der Waals surface area contributed by atoms with Crippen LogP contribution in [0.25, 0.3) is 0 Å². The second kappa shape index (κ2) is 5.99. The molecule has 0 aliphatic carbocycles. The minimum atomic E-state index is -0.608. The number of nitrogens with one attached hydrogen (secondary N) is 1. The highest BCUT2D eigenvalue weighted by Gasteiger charge is 2.17. The third-order valence-corrected chi connectivity index (χ3v) is 3.60. The van der Waals surface area contributed by atoms with Crippen LogP contribution in [0.2, 0.25) is 5.02 Å². The van der Waals surface area contributed by atoms with E-state index in [0.29, 0.717) is 10.6 Å². The Hall–Kier alpha value is -0.970. The lowest BCUT2D eigenvalue weighted by Gasteiger charge is -2.19. The first-order valence-corrected chi connectivity index (χ1v) is 6.76. The van der Waals surface area contributed by atoms with E-state index >= 15 is 0 Å². The molecule has 2 rings (SSSR count). The molecule has 0 bridgehead atoms. The summed E-state index contributed by atoms with van der Waals surface area (Å²) in [6, 6.07) is 8.46. The van der Waals surface area contributed by atoms with Crippen molar-refractivity contribution in [2.75, 3.05) is 7.05 Å². The maximum absolute atomic E-state index is 13.3. The number of rotatable bonds is 3. The molecule has 0 aliphatic rings. The summed E-state index contributed by atoms with van der Waals surface area (Å²) in [6.45, 7) is 0. The van der Waals surface area contributed by atoms with Crippen molar-refractivity contribution in [2.24, 2.45) is 0 Å². The van der Waals surface area contributed by atoms with Crippen LogP contribution in [0.3, 0.4) is 0 Å². The van der Waals surface area contributed by atoms with Crippen molar-refractivity contribution in [2.45, 2.75) is 6.04 Å². The molecule has 0 saturated heterocycles. The minimum absolute atomic E-state index is 0.370. The van der Waals surface area contributed by atoms with E-state index in [1.165, 1.54) is 12.1 Å². The molecule has 19 heavy (non-hydrogen) atoms. The fraction of sp³-hybridized carbons (Fsp3) is 0.143. The fourth-order valence-corrected chi connectivity index (χ4v) is 2.76. The first kappa shape index (κ1) is 14.4. The van der Waals surface area contributed by atoms with Gasteiger partial charge >= 0.3 is 0 Å². The highest BCUT2D eigenvalue weighted by molar-refractivity contribution is 9.10. The molecule has 0 heterocycles. The third kappa shape index (κ3) is 3.32. The molecule has 1 nitrogen and oxygen atoms in total. The number of halogens is 4. The predicted molar refractivity (Wildman–Crippen MR) is 76.4 cm³/mol. The minimum Gasteiger partial charge on any atom is -0.309 e. The highest BCUT2D eigenvalue weighted by Crippen LogP contribution is 2.31. The van der Waals surface area contributed by atoms with Gasteiger partial charge < -0.3 is 5.32 Å². The SMILES string of the molecule is CNC(c1cc(F)cc(F)c1)c1ccc(Br)cc1Cl. The fourth-order valence-electron chi connectivity index (χ4n) is 1.98. The average molecular weight is 347 g/mol. The lowest BCUT2D eigenvalue weighted by Crippen LogP contribution is -2.18. The van der Waals surface area contributed by atoms with Gasteiger partial charge in [-0.05, 0) is 42.4 Å². The van der Waals surface area contributed by atoms with Crippen LogP contribution in [0.5, 0.6) is 0 Å². The van der Waals surface area contributed by atoms with Gasteiger partial charge in [0.15, 0.2) is 0 Å². The van der Waals surface area contributed by atoms with Gasteiger partial charge in [0.25, 0.3) is 0 Å². The third-order valence-electron chi connectivity index (χ3n) is 2.78. The lowest BCUT2D eigenvalue weighted by molar-refractivity contribution is 0.571. The first-order chi connectivity index (χ1) is 9.01. The topological polar surface area (TPSA) is 12.0 Å². The smallest absolute Gasteiger partial charge is 0.126 e. The molecular formula is C14H11BrClF2N. The zero-order valence-electron chi connectivity index (χ0n) is 10.1. The zero-order valence-corrected chi connectivity index (χ0v) is 12.4. The van der Waals surface area contributed by atoms with E-state index in [-0.39, 0.29) is 6.04 Å². The molecule has 1 atom stereocenters. The quantitative estimate of drug-likeness (QED) is 0.850. The standard InChI is InChI=1S/C14H11BrClF2N/c1-19-14(8-4-10(17)7-11(18)5-8)12-3-2-9(15)6-13(12)16/h2-7,14,19H,1H3. The molecule has 2 aromatic rings. The van der Waals surface area contributed by atoms with E-state index in [4.69, 9.17) is 11.6 Å². The van der Waals surface area contributed by atoms with Crippen LogP contribution in [0, 0.1) is 11.6 Å². The van der Waals surface area contributed by atoms with Crippen LogP contribution < -0.4 is 5.32 Å². The Morgan fingerprint density at radius 1 is 1.11 bits per heavy atom. The second-order valence-electron chi connectivity index (χ2n) is 4.09. The molecule has 1 N–H and O–H groups in total. The maximum Gasteiger partial charge on any atom is 0.126 e. The maximum atomic E-state index is 13.3. The summed E-state index contributed by atoms with van der Waals surface area (Å²) in [5.74, 6) is -1.22. The average Bonchev–Trinajstić information content (AvgIpc) is 2.31. The molecule has 0 saturated carbocycles. The number of hydrogen-bond acceptors (Lipinski definition) is 1. The Balaban J connectivity index is 2.49. The Kier molecular flexibility index (Phi) is 4.55. The molecule has 100 valence electrons. The molecule has 0 spiro atoms. The van der Waals surface area contributed by atoms with Gasteiger partial charge in [0.1, 0.15) is 11.6 Å². The molecule has 0 fully saturated rings. The molecule has 0 aromatic heterocycles. The van der Waals surface area contributed by atoms with Crippen molar-refractivity contribution >= 4 is 27.5 Å². The van der Waals surface area contributed by atoms with Crippen LogP contribution in [0.15, 0.2) is 40.9 Å². The van der Waals surface area contributed by atoms with Crippen LogP contribution in [-0.2, 0) is 0 Å². The Bertz CT molecular complexity index is 584. The number of benzene rings is 2. The van der Waals surface area contributed by atoms with Crippen molar-refractivity contribution in [3.05, 3.63) is 68.7 Å². The van der Waals surface area contributed by atoms with Gasteiger partial charge in [-0.15, -0.1) is 0 Å². The van der Waals surface area contributed by atoms with Crippen molar-refractivity contribution in [1.29, 1.82) is 0 Å². The van der Waals surface area contributed by atoms with Gasteiger partial charge in [-0.3, -0.25) is 0 Å². The van der Waals surface area contributed by atoms with E-state index in [9.17, 15) is 8.78 Å².